The molecule has 0 saturated carbocycles. The van der Waals surface area contributed by atoms with Gasteiger partial charge >= 0.3 is 6.18 Å². The van der Waals surface area contributed by atoms with E-state index in [1.165, 1.54) is 12.3 Å². The predicted octanol–water partition coefficient (Wildman–Crippen LogP) is 4.12. The van der Waals surface area contributed by atoms with E-state index in [4.69, 9.17) is 0 Å². The average molecular weight is 343 g/mol. The molecule has 1 N–H and O–H groups in total. The second-order valence-corrected chi connectivity index (χ2v) is 6.02. The van der Waals surface area contributed by atoms with Gasteiger partial charge in [0.1, 0.15) is 17.2 Å². The molecule has 2 aromatic rings. The lowest BCUT2D eigenvalue weighted by Gasteiger charge is -2.28. The SMILES string of the molecule is Cc1ncc2c(N=CC(O)(CC(C)C)C(F)(F)F)ccc(F)c2n1. The van der Waals surface area contributed by atoms with Crippen molar-refractivity contribution in [3.05, 3.63) is 30.0 Å². The molecule has 130 valence electrons. The molecule has 0 aliphatic rings. The second-order valence-electron chi connectivity index (χ2n) is 6.02. The van der Waals surface area contributed by atoms with E-state index in [9.17, 15) is 22.7 Å². The Morgan fingerprint density at radius 1 is 1.29 bits per heavy atom. The molecule has 0 aliphatic heterocycles. The highest BCUT2D eigenvalue weighted by Gasteiger charge is 2.52. The highest BCUT2D eigenvalue weighted by atomic mass is 19.4. The molecule has 2 rings (SSSR count). The van der Waals surface area contributed by atoms with Gasteiger partial charge in [-0.05, 0) is 31.4 Å². The van der Waals surface area contributed by atoms with Crippen molar-refractivity contribution in [2.75, 3.05) is 0 Å². The lowest BCUT2D eigenvalue weighted by Crippen LogP contribution is -2.47. The predicted molar refractivity (Wildman–Crippen MR) is 82.8 cm³/mol. The largest absolute Gasteiger partial charge is 0.422 e. The van der Waals surface area contributed by atoms with Gasteiger partial charge in [-0.2, -0.15) is 13.2 Å². The number of alkyl halides is 3. The lowest BCUT2D eigenvalue weighted by molar-refractivity contribution is -0.233. The van der Waals surface area contributed by atoms with E-state index in [0.717, 1.165) is 6.07 Å². The van der Waals surface area contributed by atoms with E-state index in [-0.39, 0.29) is 16.6 Å². The minimum absolute atomic E-state index is 0.0310. The molecular weight excluding hydrogens is 326 g/mol. The van der Waals surface area contributed by atoms with Crippen LogP contribution in [-0.4, -0.2) is 33.1 Å². The summed E-state index contributed by atoms with van der Waals surface area (Å²) < 4.78 is 53.3. The Hall–Kier alpha value is -2.09. The van der Waals surface area contributed by atoms with Crippen LogP contribution in [-0.2, 0) is 0 Å². The minimum Gasteiger partial charge on any atom is -0.376 e. The fourth-order valence-corrected chi connectivity index (χ4v) is 2.31. The number of aliphatic hydroxyl groups is 1. The molecule has 8 heteroatoms. The van der Waals surface area contributed by atoms with Crippen molar-refractivity contribution in [3.8, 4) is 0 Å². The number of benzene rings is 1. The third-order valence-electron chi connectivity index (χ3n) is 3.43. The Balaban J connectivity index is 2.51. The van der Waals surface area contributed by atoms with E-state index in [1.807, 2.05) is 0 Å². The van der Waals surface area contributed by atoms with Gasteiger partial charge < -0.3 is 5.11 Å². The third-order valence-corrected chi connectivity index (χ3v) is 3.43. The molecule has 24 heavy (non-hydrogen) atoms. The number of fused-ring (bicyclic) bond motifs is 1. The lowest BCUT2D eigenvalue weighted by atomic mass is 9.93. The van der Waals surface area contributed by atoms with Gasteiger partial charge in [-0.25, -0.2) is 14.4 Å². The summed E-state index contributed by atoms with van der Waals surface area (Å²) in [7, 11) is 0. The molecule has 0 saturated heterocycles. The summed E-state index contributed by atoms with van der Waals surface area (Å²) in [5.41, 5.74) is -3.04. The highest BCUT2D eigenvalue weighted by Crippen LogP contribution is 2.35. The van der Waals surface area contributed by atoms with E-state index in [0.29, 0.717) is 12.0 Å². The van der Waals surface area contributed by atoms with Gasteiger partial charge in [0, 0.05) is 17.8 Å². The molecule has 0 amide bonds. The van der Waals surface area contributed by atoms with Crippen molar-refractivity contribution >= 4 is 22.8 Å². The van der Waals surface area contributed by atoms with Crippen LogP contribution in [0.3, 0.4) is 0 Å². The maximum absolute atomic E-state index is 13.8. The zero-order valence-electron chi connectivity index (χ0n) is 13.4. The molecule has 1 unspecified atom stereocenters. The molecule has 0 radical (unpaired) electrons. The summed E-state index contributed by atoms with van der Waals surface area (Å²) in [6.45, 7) is 4.70. The Morgan fingerprint density at radius 2 is 1.96 bits per heavy atom. The second kappa shape index (κ2) is 6.43. The maximum Gasteiger partial charge on any atom is 0.422 e. The first kappa shape index (κ1) is 18.3. The number of hydrogen-bond donors (Lipinski definition) is 1. The molecule has 1 atom stereocenters. The number of aromatic nitrogens is 2. The number of rotatable bonds is 4. The van der Waals surface area contributed by atoms with Crippen molar-refractivity contribution in [2.24, 2.45) is 10.9 Å². The summed E-state index contributed by atoms with van der Waals surface area (Å²) in [6.07, 6.45) is -3.65. The highest BCUT2D eigenvalue weighted by molar-refractivity contribution is 5.91. The molecule has 0 bridgehead atoms. The zero-order valence-corrected chi connectivity index (χ0v) is 13.4. The van der Waals surface area contributed by atoms with Gasteiger partial charge in [-0.1, -0.05) is 13.8 Å². The molecule has 1 heterocycles. The van der Waals surface area contributed by atoms with Gasteiger partial charge in [0.05, 0.1) is 5.69 Å². The average Bonchev–Trinajstić information content (AvgIpc) is 2.45. The first-order valence-corrected chi connectivity index (χ1v) is 7.29. The van der Waals surface area contributed by atoms with Gasteiger partial charge in [0.25, 0.3) is 0 Å². The van der Waals surface area contributed by atoms with Crippen molar-refractivity contribution in [1.29, 1.82) is 0 Å². The normalized spacial score (nSPS) is 15.4. The maximum atomic E-state index is 13.8. The van der Waals surface area contributed by atoms with Gasteiger partial charge in [0.15, 0.2) is 5.60 Å². The van der Waals surface area contributed by atoms with Crippen LogP contribution in [0.4, 0.5) is 23.2 Å². The van der Waals surface area contributed by atoms with Crippen LogP contribution in [0.15, 0.2) is 23.3 Å². The third kappa shape index (κ3) is 3.69. The van der Waals surface area contributed by atoms with Crippen molar-refractivity contribution < 1.29 is 22.7 Å². The van der Waals surface area contributed by atoms with Gasteiger partial charge in [0.2, 0.25) is 0 Å². The van der Waals surface area contributed by atoms with Crippen LogP contribution in [0.2, 0.25) is 0 Å². The van der Waals surface area contributed by atoms with Gasteiger partial charge in [-0.15, -0.1) is 0 Å². The van der Waals surface area contributed by atoms with Crippen molar-refractivity contribution in [3.63, 3.8) is 0 Å². The van der Waals surface area contributed by atoms with E-state index >= 15 is 0 Å². The Bertz CT molecular complexity index is 774. The summed E-state index contributed by atoms with van der Waals surface area (Å²) in [6, 6.07) is 2.29. The summed E-state index contributed by atoms with van der Waals surface area (Å²) in [4.78, 5) is 11.6. The number of aryl methyl sites for hydroxylation is 1. The van der Waals surface area contributed by atoms with E-state index < -0.39 is 29.9 Å². The first-order valence-electron chi connectivity index (χ1n) is 7.29. The standard InChI is InChI=1S/C16H17F4N3O/c1-9(2)6-15(24,16(18,19)20)8-22-13-5-4-12(17)14-11(13)7-21-10(3)23-14/h4-5,7-9,24H,6H2,1-3H3. The van der Waals surface area contributed by atoms with Crippen LogP contribution in [0.25, 0.3) is 10.9 Å². The van der Waals surface area contributed by atoms with Crippen LogP contribution in [0, 0.1) is 18.7 Å². The smallest absolute Gasteiger partial charge is 0.376 e. The number of hydrogen-bond acceptors (Lipinski definition) is 4. The zero-order chi connectivity index (χ0) is 18.1. The molecule has 1 aromatic heterocycles. The Morgan fingerprint density at radius 3 is 2.54 bits per heavy atom. The van der Waals surface area contributed by atoms with Crippen LogP contribution in [0.1, 0.15) is 26.1 Å². The number of nitrogens with zero attached hydrogens (tertiary/aromatic N) is 3. The Labute approximate surface area is 136 Å². The Kier molecular flexibility index (Phi) is 4.89. The molecule has 4 nitrogen and oxygen atoms in total. The van der Waals surface area contributed by atoms with Crippen molar-refractivity contribution in [2.45, 2.75) is 39.0 Å². The van der Waals surface area contributed by atoms with Crippen LogP contribution >= 0.6 is 0 Å². The van der Waals surface area contributed by atoms with E-state index in [2.05, 4.69) is 15.0 Å². The molecular formula is C16H17F4N3O. The summed E-state index contributed by atoms with van der Waals surface area (Å²) in [5.74, 6) is -0.698. The topological polar surface area (TPSA) is 58.4 Å². The molecule has 0 spiro atoms. The summed E-state index contributed by atoms with van der Waals surface area (Å²) in [5, 5.41) is 10.1. The number of aliphatic imine (C=N–C) groups is 1. The number of halogens is 4. The molecule has 0 fully saturated rings. The van der Waals surface area contributed by atoms with E-state index in [1.54, 1.807) is 20.8 Å². The molecule has 0 aliphatic carbocycles. The fourth-order valence-electron chi connectivity index (χ4n) is 2.31. The molecule has 1 aromatic carbocycles. The summed E-state index contributed by atoms with van der Waals surface area (Å²) >= 11 is 0. The van der Waals surface area contributed by atoms with Crippen molar-refractivity contribution in [1.82, 2.24) is 9.97 Å². The monoisotopic (exact) mass is 343 g/mol. The fraction of sp³-hybridized carbons (Fsp3) is 0.438. The van der Waals surface area contributed by atoms with Crippen LogP contribution < -0.4 is 0 Å². The van der Waals surface area contributed by atoms with Gasteiger partial charge in [-0.3, -0.25) is 4.99 Å². The first-order chi connectivity index (χ1) is 11.0. The van der Waals surface area contributed by atoms with Crippen LogP contribution in [0.5, 0.6) is 0 Å². The quantitative estimate of drug-likeness (QED) is 0.671. The minimum atomic E-state index is -4.87.